The molecule has 1 aromatic carbocycles. The summed E-state index contributed by atoms with van der Waals surface area (Å²) in [4.78, 5) is 0. The van der Waals surface area contributed by atoms with Gasteiger partial charge in [-0.05, 0) is 60.8 Å². The van der Waals surface area contributed by atoms with Crippen LogP contribution < -0.4 is 0 Å². The van der Waals surface area contributed by atoms with Crippen LogP contribution in [0.3, 0.4) is 0 Å². The third-order valence-electron chi connectivity index (χ3n) is 4.29. The first-order valence-electron chi connectivity index (χ1n) is 6.96. The van der Waals surface area contributed by atoms with E-state index in [0.717, 1.165) is 6.42 Å². The number of hydrogen-bond acceptors (Lipinski definition) is 0. The topological polar surface area (TPSA) is 0 Å². The fraction of sp³-hybridized carbons (Fsp3) is 0.647. The second kappa shape index (κ2) is 6.18. The van der Waals surface area contributed by atoms with Crippen molar-refractivity contribution >= 4 is 27.5 Å². The van der Waals surface area contributed by atoms with E-state index in [2.05, 4.69) is 70.5 Å². The summed E-state index contributed by atoms with van der Waals surface area (Å²) in [6.07, 6.45) is 1.02. The molecule has 108 valence electrons. The summed E-state index contributed by atoms with van der Waals surface area (Å²) in [5, 5.41) is 0.0890. The molecule has 0 nitrogen and oxygen atoms in total. The van der Waals surface area contributed by atoms with E-state index in [0.29, 0.717) is 11.3 Å². The number of alkyl halides is 1. The zero-order chi connectivity index (χ0) is 15.0. The molecule has 1 aromatic rings. The summed E-state index contributed by atoms with van der Waals surface area (Å²) in [6.45, 7) is 15.6. The van der Waals surface area contributed by atoms with Crippen molar-refractivity contribution in [1.29, 1.82) is 0 Å². The second-order valence-corrected chi connectivity index (χ2v) is 8.15. The molecule has 0 N–H and O–H groups in total. The SMILES string of the molecule is Cc1cc(C)c(C(Cl)CC(C)C(C)(C)C)c(C)c1Br. The largest absolute Gasteiger partial charge is 0.118 e. The molecule has 2 unspecified atom stereocenters. The monoisotopic (exact) mass is 344 g/mol. The molecule has 2 atom stereocenters. The van der Waals surface area contributed by atoms with Crippen LogP contribution in [0.15, 0.2) is 10.5 Å². The maximum absolute atomic E-state index is 6.72. The molecule has 0 aromatic heterocycles. The molecular formula is C17H26BrCl. The van der Waals surface area contributed by atoms with E-state index in [1.54, 1.807) is 0 Å². The predicted molar refractivity (Wildman–Crippen MR) is 90.2 cm³/mol. The molecule has 0 bridgehead atoms. The molecule has 2 heteroatoms. The standard InChI is InChI=1S/C17H26BrCl/c1-10-8-11(2)16(18)13(4)15(10)14(19)9-12(3)17(5,6)7/h8,12,14H,9H2,1-7H3. The summed E-state index contributed by atoms with van der Waals surface area (Å²) < 4.78 is 1.20. The van der Waals surface area contributed by atoms with Crippen LogP contribution >= 0.6 is 27.5 Å². The Morgan fingerprint density at radius 1 is 1.16 bits per heavy atom. The normalized spacial score (nSPS) is 15.4. The molecule has 0 fully saturated rings. The van der Waals surface area contributed by atoms with Gasteiger partial charge in [0, 0.05) is 4.47 Å². The van der Waals surface area contributed by atoms with Crippen molar-refractivity contribution < 1.29 is 0 Å². The number of aryl methyl sites for hydroxylation is 2. The van der Waals surface area contributed by atoms with Gasteiger partial charge in [0.2, 0.25) is 0 Å². The molecule has 19 heavy (non-hydrogen) atoms. The summed E-state index contributed by atoms with van der Waals surface area (Å²) in [6, 6.07) is 2.23. The zero-order valence-electron chi connectivity index (χ0n) is 13.2. The van der Waals surface area contributed by atoms with Gasteiger partial charge in [-0.1, -0.05) is 49.7 Å². The van der Waals surface area contributed by atoms with E-state index >= 15 is 0 Å². The minimum Gasteiger partial charge on any atom is -0.118 e. The zero-order valence-corrected chi connectivity index (χ0v) is 15.5. The van der Waals surface area contributed by atoms with Gasteiger partial charge in [-0.25, -0.2) is 0 Å². The highest BCUT2D eigenvalue weighted by Crippen LogP contribution is 2.40. The van der Waals surface area contributed by atoms with E-state index < -0.39 is 0 Å². The van der Waals surface area contributed by atoms with Gasteiger partial charge in [0.15, 0.2) is 0 Å². The maximum Gasteiger partial charge on any atom is 0.0593 e. The lowest BCUT2D eigenvalue weighted by Crippen LogP contribution is -2.19. The molecule has 0 radical (unpaired) electrons. The fourth-order valence-corrected chi connectivity index (χ4v) is 3.37. The van der Waals surface area contributed by atoms with Crippen LogP contribution in [-0.2, 0) is 0 Å². The van der Waals surface area contributed by atoms with Gasteiger partial charge in [0.05, 0.1) is 5.38 Å². The average Bonchev–Trinajstić information content (AvgIpc) is 2.24. The molecular weight excluding hydrogens is 320 g/mol. The predicted octanol–water partition coefficient (Wildman–Crippen LogP) is 6.73. The summed E-state index contributed by atoms with van der Waals surface area (Å²) in [5.41, 5.74) is 5.48. The second-order valence-electron chi connectivity index (χ2n) is 6.83. The lowest BCUT2D eigenvalue weighted by atomic mass is 9.78. The Morgan fingerprint density at radius 2 is 1.68 bits per heavy atom. The van der Waals surface area contributed by atoms with Gasteiger partial charge in [-0.2, -0.15) is 0 Å². The van der Waals surface area contributed by atoms with Crippen LogP contribution in [0.4, 0.5) is 0 Å². The maximum atomic E-state index is 6.72. The Hall–Kier alpha value is -0.0100. The van der Waals surface area contributed by atoms with Crippen LogP contribution in [0.1, 0.15) is 61.7 Å². The van der Waals surface area contributed by atoms with Crippen molar-refractivity contribution in [3.8, 4) is 0 Å². The summed E-state index contributed by atoms with van der Waals surface area (Å²) in [7, 11) is 0. The third-order valence-corrected chi connectivity index (χ3v) is 5.91. The van der Waals surface area contributed by atoms with Crippen LogP contribution in [0, 0.1) is 32.1 Å². The van der Waals surface area contributed by atoms with E-state index in [-0.39, 0.29) is 5.38 Å². The van der Waals surface area contributed by atoms with Crippen molar-refractivity contribution in [2.75, 3.05) is 0 Å². The highest BCUT2D eigenvalue weighted by Gasteiger charge is 2.25. The van der Waals surface area contributed by atoms with Crippen molar-refractivity contribution in [3.63, 3.8) is 0 Å². The number of rotatable bonds is 3. The smallest absolute Gasteiger partial charge is 0.0593 e. The van der Waals surface area contributed by atoms with Gasteiger partial charge < -0.3 is 0 Å². The van der Waals surface area contributed by atoms with E-state index in [4.69, 9.17) is 11.6 Å². The van der Waals surface area contributed by atoms with Gasteiger partial charge in [0.1, 0.15) is 0 Å². The molecule has 0 heterocycles. The number of hydrogen-bond donors (Lipinski definition) is 0. The highest BCUT2D eigenvalue weighted by atomic mass is 79.9. The first-order chi connectivity index (χ1) is 8.55. The molecule has 0 aliphatic rings. The molecule has 0 spiro atoms. The van der Waals surface area contributed by atoms with Gasteiger partial charge >= 0.3 is 0 Å². The third kappa shape index (κ3) is 3.98. The minimum absolute atomic E-state index is 0.0890. The van der Waals surface area contributed by atoms with Crippen molar-refractivity contribution in [3.05, 3.63) is 32.8 Å². The minimum atomic E-state index is 0.0890. The first-order valence-corrected chi connectivity index (χ1v) is 8.19. The summed E-state index contributed by atoms with van der Waals surface area (Å²) in [5.74, 6) is 0.592. The van der Waals surface area contributed by atoms with Gasteiger partial charge in [0.25, 0.3) is 0 Å². The molecule has 1 rings (SSSR count). The molecule has 0 amide bonds. The van der Waals surface area contributed by atoms with Gasteiger partial charge in [-0.15, -0.1) is 11.6 Å². The summed E-state index contributed by atoms with van der Waals surface area (Å²) >= 11 is 10.4. The Bertz CT molecular complexity index is 457. The van der Waals surface area contributed by atoms with Crippen LogP contribution in [0.25, 0.3) is 0 Å². The lowest BCUT2D eigenvalue weighted by Gasteiger charge is -2.30. The van der Waals surface area contributed by atoms with Crippen molar-refractivity contribution in [1.82, 2.24) is 0 Å². The fourth-order valence-electron chi connectivity index (χ4n) is 2.44. The highest BCUT2D eigenvalue weighted by molar-refractivity contribution is 9.10. The Balaban J connectivity index is 3.07. The van der Waals surface area contributed by atoms with Gasteiger partial charge in [-0.3, -0.25) is 0 Å². The Labute approximate surface area is 132 Å². The van der Waals surface area contributed by atoms with Crippen molar-refractivity contribution in [2.45, 2.75) is 60.3 Å². The Kier molecular flexibility index (Phi) is 5.54. The van der Waals surface area contributed by atoms with Crippen LogP contribution in [-0.4, -0.2) is 0 Å². The molecule has 0 aliphatic carbocycles. The molecule has 0 saturated heterocycles. The molecule has 0 saturated carbocycles. The van der Waals surface area contributed by atoms with E-state index in [9.17, 15) is 0 Å². The average molecular weight is 346 g/mol. The van der Waals surface area contributed by atoms with E-state index in [1.807, 2.05) is 0 Å². The van der Waals surface area contributed by atoms with Crippen LogP contribution in [0.2, 0.25) is 0 Å². The Morgan fingerprint density at radius 3 is 2.16 bits per heavy atom. The van der Waals surface area contributed by atoms with E-state index in [1.165, 1.54) is 26.7 Å². The molecule has 0 aliphatic heterocycles. The number of halogens is 2. The first kappa shape index (κ1) is 17.0. The number of benzene rings is 1. The van der Waals surface area contributed by atoms with Crippen LogP contribution in [0.5, 0.6) is 0 Å². The quantitative estimate of drug-likeness (QED) is 0.533. The lowest BCUT2D eigenvalue weighted by molar-refractivity contribution is 0.245. The van der Waals surface area contributed by atoms with Crippen molar-refractivity contribution in [2.24, 2.45) is 11.3 Å².